The summed E-state index contributed by atoms with van der Waals surface area (Å²) in [6, 6.07) is 9.68. The van der Waals surface area contributed by atoms with Gasteiger partial charge in [0.05, 0.1) is 30.8 Å². The first kappa shape index (κ1) is 43.3. The second-order valence-corrected chi connectivity index (χ2v) is 18.8. The highest BCUT2D eigenvalue weighted by molar-refractivity contribution is 7.90. The van der Waals surface area contributed by atoms with Gasteiger partial charge in [-0.05, 0) is 99.4 Å². The SMILES string of the molecule is COCCN(CCOC)CCN(C)C(=O)[C@H]1/C(F)=C/C[C@H](C)[C@@H](C)S(=O)(=O)NC(=O)c2ccc3c(c2)N(C[C@@H]2CCCN21)C[C@@]1(CCCc2cc(Cl)ccc21)CO3. The molecule has 4 aliphatic rings. The number of amides is 2. The van der Waals surface area contributed by atoms with Gasteiger partial charge in [0.15, 0.2) is 0 Å². The summed E-state index contributed by atoms with van der Waals surface area (Å²) in [6.07, 6.45) is 5.63. The number of methoxy groups -OCH3 is 2. The number of halogens is 2. The minimum Gasteiger partial charge on any atom is -0.490 e. The van der Waals surface area contributed by atoms with Crippen molar-refractivity contribution in [2.24, 2.45) is 5.92 Å². The Morgan fingerprint density at radius 3 is 2.56 bits per heavy atom. The van der Waals surface area contributed by atoms with Gasteiger partial charge in [-0.25, -0.2) is 17.5 Å². The van der Waals surface area contributed by atoms with Crippen LogP contribution in [0, 0.1) is 5.92 Å². The highest BCUT2D eigenvalue weighted by atomic mass is 35.5. The molecule has 3 aliphatic heterocycles. The largest absolute Gasteiger partial charge is 0.490 e. The maximum absolute atomic E-state index is 16.9. The van der Waals surface area contributed by atoms with Crippen LogP contribution in [0.1, 0.15) is 67.4 Å². The summed E-state index contributed by atoms with van der Waals surface area (Å²) < 4.78 is 63.6. The molecule has 0 aromatic heterocycles. The highest BCUT2D eigenvalue weighted by Gasteiger charge is 2.45. The van der Waals surface area contributed by atoms with Gasteiger partial charge in [-0.2, -0.15) is 0 Å². The third kappa shape index (κ3) is 9.79. The van der Waals surface area contributed by atoms with Gasteiger partial charge in [-0.1, -0.05) is 30.7 Å². The Morgan fingerprint density at radius 2 is 1.82 bits per heavy atom. The number of rotatable bonds is 10. The van der Waals surface area contributed by atoms with Crippen molar-refractivity contribution in [3.05, 3.63) is 70.0 Å². The zero-order chi connectivity index (χ0) is 40.9. The molecule has 1 N–H and O–H groups in total. The molecule has 0 unspecified atom stereocenters. The molecule has 1 aliphatic carbocycles. The number of ether oxygens (including phenoxy) is 3. The van der Waals surface area contributed by atoms with E-state index < -0.39 is 44.4 Å². The lowest BCUT2D eigenvalue weighted by molar-refractivity contribution is -0.135. The van der Waals surface area contributed by atoms with Gasteiger partial charge < -0.3 is 24.0 Å². The van der Waals surface area contributed by atoms with E-state index in [1.807, 2.05) is 17.0 Å². The number of hydrogen-bond acceptors (Lipinski definition) is 10. The standard InChI is InChI=1S/C42H59ClFN5O7S/c1-29-10-14-36(44)39(41(51)46(3)18-19-47(20-22-54-4)21-23-55-5)49-17-7-9-34(49)26-48-27-42(16-6-8-31-24-33(43)12-13-35(31)42)28-56-38-15-11-32(25-37(38)48)40(50)45-57(52,53)30(29)2/h11-15,24-25,29-30,34,39H,6-10,16-23,26-28H2,1-5H3,(H,45,50)/b36-14-/t29-,30+,34-,39+,42-/m0/s1. The number of benzene rings is 2. The summed E-state index contributed by atoms with van der Waals surface area (Å²) >= 11 is 6.48. The molecule has 1 saturated heterocycles. The fraction of sp³-hybridized carbons (Fsp3) is 0.619. The van der Waals surface area contributed by atoms with Crippen LogP contribution < -0.4 is 14.4 Å². The fourth-order valence-electron chi connectivity index (χ4n) is 8.90. The molecule has 2 bridgehead atoms. The van der Waals surface area contributed by atoms with Crippen molar-refractivity contribution in [3.8, 4) is 5.75 Å². The van der Waals surface area contributed by atoms with E-state index in [9.17, 15) is 18.0 Å². The van der Waals surface area contributed by atoms with Crippen molar-refractivity contribution in [2.75, 3.05) is 91.8 Å². The Balaban J connectivity index is 1.40. The van der Waals surface area contributed by atoms with Crippen LogP contribution >= 0.6 is 11.6 Å². The van der Waals surface area contributed by atoms with Gasteiger partial charge in [-0.3, -0.25) is 19.4 Å². The van der Waals surface area contributed by atoms with Crippen molar-refractivity contribution in [3.63, 3.8) is 0 Å². The quantitative estimate of drug-likeness (QED) is 0.349. The molecule has 12 nitrogen and oxygen atoms in total. The maximum atomic E-state index is 16.9. The van der Waals surface area contributed by atoms with E-state index in [1.54, 1.807) is 51.3 Å². The van der Waals surface area contributed by atoms with Crippen LogP contribution in [0.4, 0.5) is 10.1 Å². The first-order chi connectivity index (χ1) is 27.3. The molecule has 2 amide bonds. The average Bonchev–Trinajstić information content (AvgIpc) is 3.58. The summed E-state index contributed by atoms with van der Waals surface area (Å²) in [5, 5.41) is -0.349. The number of likely N-dealkylation sites (N-methyl/N-ethyl adjacent to an activating group) is 1. The van der Waals surface area contributed by atoms with Gasteiger partial charge >= 0.3 is 0 Å². The molecule has 1 fully saturated rings. The predicted octanol–water partition coefficient (Wildman–Crippen LogP) is 5.04. The molecule has 57 heavy (non-hydrogen) atoms. The van der Waals surface area contributed by atoms with Crippen LogP contribution in [0.5, 0.6) is 5.75 Å². The lowest BCUT2D eigenvalue weighted by atomic mass is 9.70. The Bertz CT molecular complexity index is 1890. The summed E-state index contributed by atoms with van der Waals surface area (Å²) in [5.41, 5.74) is 2.77. The Labute approximate surface area is 342 Å². The van der Waals surface area contributed by atoms with E-state index in [0.717, 1.165) is 32.1 Å². The van der Waals surface area contributed by atoms with Crippen LogP contribution in [0.3, 0.4) is 0 Å². The fourth-order valence-corrected chi connectivity index (χ4v) is 10.4. The molecule has 3 heterocycles. The lowest BCUT2D eigenvalue weighted by Gasteiger charge is -2.42. The normalized spacial score (nSPS) is 27.5. The minimum absolute atomic E-state index is 0.0597. The van der Waals surface area contributed by atoms with Gasteiger partial charge in [0.25, 0.3) is 5.91 Å². The summed E-state index contributed by atoms with van der Waals surface area (Å²) in [7, 11) is 0.854. The summed E-state index contributed by atoms with van der Waals surface area (Å²) in [6.45, 7) is 8.39. The maximum Gasteiger partial charge on any atom is 0.264 e. The highest BCUT2D eigenvalue weighted by Crippen LogP contribution is 2.45. The molecule has 2 aromatic carbocycles. The summed E-state index contributed by atoms with van der Waals surface area (Å²) in [5.74, 6) is -1.68. The number of aryl methyl sites for hydroxylation is 1. The zero-order valence-electron chi connectivity index (χ0n) is 34.0. The molecule has 0 saturated carbocycles. The number of hydrogen-bond donors (Lipinski definition) is 1. The average molecular weight is 832 g/mol. The molecular formula is C42H59ClFN5O7S. The molecule has 1 spiro atoms. The molecule has 2 aromatic rings. The van der Waals surface area contributed by atoms with E-state index in [1.165, 1.54) is 24.1 Å². The van der Waals surface area contributed by atoms with Crippen LogP contribution in [-0.4, -0.2) is 139 Å². The van der Waals surface area contributed by atoms with E-state index in [-0.39, 0.29) is 23.9 Å². The lowest BCUT2D eigenvalue weighted by Crippen LogP contribution is -2.54. The zero-order valence-corrected chi connectivity index (χ0v) is 35.5. The topological polar surface area (TPSA) is 121 Å². The van der Waals surface area contributed by atoms with Gasteiger partial charge in [-0.15, -0.1) is 0 Å². The number of anilines is 1. The number of allylic oxidation sites excluding steroid dienone is 1. The number of carbonyl (C=O) groups is 2. The number of carbonyl (C=O) groups excluding carboxylic acids is 2. The van der Waals surface area contributed by atoms with E-state index in [0.29, 0.717) is 82.1 Å². The third-order valence-electron chi connectivity index (χ3n) is 12.5. The van der Waals surface area contributed by atoms with Crippen molar-refractivity contribution in [2.45, 2.75) is 75.1 Å². The van der Waals surface area contributed by atoms with Crippen LogP contribution in [-0.2, 0) is 36.1 Å². The second-order valence-electron chi connectivity index (χ2n) is 16.3. The number of nitrogens with zero attached hydrogens (tertiary/aromatic N) is 4. The van der Waals surface area contributed by atoms with Crippen molar-refractivity contribution in [1.82, 2.24) is 19.4 Å². The Morgan fingerprint density at radius 1 is 1.07 bits per heavy atom. The van der Waals surface area contributed by atoms with Crippen molar-refractivity contribution < 1.29 is 36.6 Å². The molecular weight excluding hydrogens is 773 g/mol. The second kappa shape index (κ2) is 18.8. The Hall–Kier alpha value is -3.27. The molecule has 6 rings (SSSR count). The Kier molecular flexibility index (Phi) is 14.3. The first-order valence-corrected chi connectivity index (χ1v) is 22.1. The summed E-state index contributed by atoms with van der Waals surface area (Å²) in [4.78, 5) is 36.2. The molecule has 15 heteroatoms. The van der Waals surface area contributed by atoms with Crippen LogP contribution in [0.15, 0.2) is 48.3 Å². The van der Waals surface area contributed by atoms with Crippen molar-refractivity contribution in [1.29, 1.82) is 0 Å². The number of fused-ring (bicyclic) bond motifs is 4. The van der Waals surface area contributed by atoms with Crippen LogP contribution in [0.2, 0.25) is 5.02 Å². The van der Waals surface area contributed by atoms with Crippen molar-refractivity contribution >= 4 is 39.1 Å². The molecule has 314 valence electrons. The predicted molar refractivity (Wildman–Crippen MR) is 220 cm³/mol. The smallest absolute Gasteiger partial charge is 0.264 e. The van der Waals surface area contributed by atoms with Gasteiger partial charge in [0, 0.05) is 82.6 Å². The number of nitrogens with one attached hydrogen (secondary N) is 1. The van der Waals surface area contributed by atoms with E-state index >= 15 is 4.39 Å². The van der Waals surface area contributed by atoms with Crippen LogP contribution in [0.25, 0.3) is 0 Å². The minimum atomic E-state index is -4.16. The third-order valence-corrected chi connectivity index (χ3v) is 14.7. The molecule has 5 atom stereocenters. The van der Waals surface area contributed by atoms with E-state index in [2.05, 4.69) is 20.6 Å². The monoisotopic (exact) mass is 831 g/mol. The van der Waals surface area contributed by atoms with E-state index in [4.69, 9.17) is 25.8 Å². The van der Waals surface area contributed by atoms with Gasteiger partial charge in [0.1, 0.15) is 17.6 Å². The molecule has 0 radical (unpaired) electrons. The number of sulfonamides is 1. The van der Waals surface area contributed by atoms with Gasteiger partial charge in [0.2, 0.25) is 15.9 Å². The first-order valence-electron chi connectivity index (χ1n) is 20.2.